The smallest absolute Gasteiger partial charge is 0.369 e. The molecule has 2 aromatic rings. The Morgan fingerprint density at radius 1 is 1.27 bits per heavy atom. The lowest BCUT2D eigenvalue weighted by Gasteiger charge is -2.27. The number of aryl methyl sites for hydroxylation is 1. The van der Waals surface area contributed by atoms with Crippen molar-refractivity contribution in [2.45, 2.75) is 38.5 Å². The molecule has 1 unspecified atom stereocenters. The van der Waals surface area contributed by atoms with E-state index in [4.69, 9.17) is 5.73 Å². The van der Waals surface area contributed by atoms with Crippen LogP contribution in [0.3, 0.4) is 0 Å². The molecule has 1 aromatic heterocycles. The zero-order valence-electron chi connectivity index (χ0n) is 16.4. The number of nitrogens with zero attached hydrogens (tertiary/aromatic N) is 2. The quantitative estimate of drug-likeness (QED) is 0.731. The highest BCUT2D eigenvalue weighted by atomic mass is 19.4. The maximum absolute atomic E-state index is 13.9. The second kappa shape index (κ2) is 8.17. The molecule has 1 amide bonds. The van der Waals surface area contributed by atoms with Crippen LogP contribution in [0.15, 0.2) is 24.4 Å². The summed E-state index contributed by atoms with van der Waals surface area (Å²) in [4.78, 5) is 18.6. The van der Waals surface area contributed by atoms with E-state index in [1.807, 2.05) is 5.32 Å². The summed E-state index contributed by atoms with van der Waals surface area (Å²) in [5, 5.41) is 1.92. The van der Waals surface area contributed by atoms with Crippen molar-refractivity contribution in [3.05, 3.63) is 47.3 Å². The predicted molar refractivity (Wildman–Crippen MR) is 102 cm³/mol. The molecule has 5 nitrogen and oxygen atoms in total. The first-order valence-electron chi connectivity index (χ1n) is 9.31. The van der Waals surface area contributed by atoms with Crippen LogP contribution in [0.4, 0.5) is 27.6 Å². The SMILES string of the molecule is Cc1ncc(C(=O)NC(C)C(F)(F)F)c(N2CC[C@H](N)C2)c1-c1cc(F)cc(F)c1. The molecule has 0 bridgehead atoms. The number of amides is 1. The molecule has 30 heavy (non-hydrogen) atoms. The van der Waals surface area contributed by atoms with Crippen LogP contribution >= 0.6 is 0 Å². The van der Waals surface area contributed by atoms with Crippen LogP contribution in [0.25, 0.3) is 11.1 Å². The Morgan fingerprint density at radius 2 is 1.90 bits per heavy atom. The van der Waals surface area contributed by atoms with Crippen LogP contribution in [0.2, 0.25) is 0 Å². The minimum Gasteiger partial charge on any atom is -0.369 e. The fraction of sp³-hybridized carbons (Fsp3) is 0.400. The number of carbonyl (C=O) groups is 1. The van der Waals surface area contributed by atoms with Crippen molar-refractivity contribution >= 4 is 11.6 Å². The van der Waals surface area contributed by atoms with Gasteiger partial charge in [0.1, 0.15) is 17.7 Å². The molecule has 0 aliphatic carbocycles. The number of alkyl halides is 3. The topological polar surface area (TPSA) is 71.2 Å². The summed E-state index contributed by atoms with van der Waals surface area (Å²) in [6, 6.07) is 0.592. The molecule has 0 saturated carbocycles. The van der Waals surface area contributed by atoms with Gasteiger partial charge in [-0.05, 0) is 38.0 Å². The second-order valence-electron chi connectivity index (χ2n) is 7.37. The van der Waals surface area contributed by atoms with Crippen LogP contribution < -0.4 is 16.0 Å². The van der Waals surface area contributed by atoms with Gasteiger partial charge in [0, 0.05) is 42.7 Å². The Labute approximate surface area is 170 Å². The number of nitrogens with one attached hydrogen (secondary N) is 1. The summed E-state index contributed by atoms with van der Waals surface area (Å²) in [7, 11) is 0. The molecule has 1 fully saturated rings. The average molecular weight is 428 g/mol. The Hall–Kier alpha value is -2.75. The molecule has 3 N–H and O–H groups in total. The molecule has 1 saturated heterocycles. The van der Waals surface area contributed by atoms with Crippen molar-refractivity contribution in [1.82, 2.24) is 10.3 Å². The summed E-state index contributed by atoms with van der Waals surface area (Å²) in [6.45, 7) is 3.19. The number of pyridine rings is 1. The second-order valence-corrected chi connectivity index (χ2v) is 7.37. The number of rotatable bonds is 4. The molecule has 10 heteroatoms. The van der Waals surface area contributed by atoms with Crippen molar-refractivity contribution in [1.29, 1.82) is 0 Å². The number of halogens is 5. The Balaban J connectivity index is 2.17. The zero-order valence-corrected chi connectivity index (χ0v) is 16.4. The molecule has 0 radical (unpaired) electrons. The van der Waals surface area contributed by atoms with Gasteiger partial charge in [0.25, 0.3) is 5.91 Å². The number of nitrogens with two attached hydrogens (primary N) is 1. The molecule has 162 valence electrons. The minimum absolute atomic E-state index is 0.120. The predicted octanol–water partition coefficient (Wildman–Crippen LogP) is 3.55. The Bertz CT molecular complexity index is 943. The molecule has 0 spiro atoms. The van der Waals surface area contributed by atoms with Crippen LogP contribution in [-0.4, -0.2) is 42.2 Å². The number of hydrogen-bond acceptors (Lipinski definition) is 4. The lowest BCUT2D eigenvalue weighted by Crippen LogP contribution is -2.43. The number of hydrogen-bond donors (Lipinski definition) is 2. The highest BCUT2D eigenvalue weighted by Crippen LogP contribution is 2.38. The lowest BCUT2D eigenvalue weighted by molar-refractivity contribution is -0.149. The highest BCUT2D eigenvalue weighted by molar-refractivity contribution is 6.03. The van der Waals surface area contributed by atoms with Gasteiger partial charge in [-0.15, -0.1) is 0 Å². The van der Waals surface area contributed by atoms with Crippen molar-refractivity contribution in [3.63, 3.8) is 0 Å². The number of anilines is 1. The maximum Gasteiger partial charge on any atom is 0.408 e. The maximum atomic E-state index is 13.9. The van der Waals surface area contributed by atoms with Crippen LogP contribution in [0, 0.1) is 18.6 Å². The van der Waals surface area contributed by atoms with E-state index in [0.29, 0.717) is 31.3 Å². The summed E-state index contributed by atoms with van der Waals surface area (Å²) in [5.74, 6) is -2.64. The van der Waals surface area contributed by atoms with Crippen LogP contribution in [0.5, 0.6) is 0 Å². The number of aromatic nitrogens is 1. The van der Waals surface area contributed by atoms with Crippen molar-refractivity contribution in [3.8, 4) is 11.1 Å². The first-order chi connectivity index (χ1) is 14.0. The zero-order chi connectivity index (χ0) is 22.2. The number of benzene rings is 1. The van der Waals surface area contributed by atoms with Gasteiger partial charge in [0.15, 0.2) is 0 Å². The third kappa shape index (κ3) is 4.53. The Kier molecular flexibility index (Phi) is 5.98. The van der Waals surface area contributed by atoms with E-state index in [-0.39, 0.29) is 28.4 Å². The summed E-state index contributed by atoms with van der Waals surface area (Å²) in [5.41, 5.74) is 6.89. The first-order valence-corrected chi connectivity index (χ1v) is 9.31. The van der Waals surface area contributed by atoms with E-state index >= 15 is 0 Å². The standard InChI is InChI=1S/C20H21F5N4O/c1-10-17(12-5-13(21)7-14(22)6-12)18(29-4-3-15(26)9-29)16(8-27-10)19(30)28-11(2)20(23,24)25/h5-8,11,15H,3-4,9,26H2,1-2H3,(H,28,30)/t11?,15-/m0/s1. The molecule has 1 aromatic carbocycles. The monoisotopic (exact) mass is 428 g/mol. The van der Waals surface area contributed by atoms with E-state index in [9.17, 15) is 26.7 Å². The van der Waals surface area contributed by atoms with Crippen molar-refractivity contribution < 1.29 is 26.7 Å². The van der Waals surface area contributed by atoms with Gasteiger partial charge >= 0.3 is 6.18 Å². The van der Waals surface area contributed by atoms with Gasteiger partial charge < -0.3 is 16.0 Å². The van der Waals surface area contributed by atoms with Crippen LogP contribution in [0.1, 0.15) is 29.4 Å². The molecular weight excluding hydrogens is 407 g/mol. The van der Waals surface area contributed by atoms with Gasteiger partial charge in [-0.2, -0.15) is 13.2 Å². The molecule has 2 heterocycles. The van der Waals surface area contributed by atoms with Gasteiger partial charge in [0.05, 0.1) is 11.3 Å². The van der Waals surface area contributed by atoms with E-state index < -0.39 is 29.8 Å². The third-order valence-corrected chi connectivity index (χ3v) is 5.02. The minimum atomic E-state index is -4.63. The van der Waals surface area contributed by atoms with Gasteiger partial charge in [0.2, 0.25) is 0 Å². The van der Waals surface area contributed by atoms with Crippen molar-refractivity contribution in [2.75, 3.05) is 18.0 Å². The van der Waals surface area contributed by atoms with Crippen molar-refractivity contribution in [2.24, 2.45) is 5.73 Å². The van der Waals surface area contributed by atoms with E-state index in [1.54, 1.807) is 11.8 Å². The van der Waals surface area contributed by atoms with E-state index in [2.05, 4.69) is 4.98 Å². The average Bonchev–Trinajstić information content (AvgIpc) is 3.05. The van der Waals surface area contributed by atoms with Crippen LogP contribution in [-0.2, 0) is 0 Å². The summed E-state index contributed by atoms with van der Waals surface area (Å²) in [6.07, 6.45) is -2.86. The van der Waals surface area contributed by atoms with Gasteiger partial charge in [-0.25, -0.2) is 8.78 Å². The molecule has 1 aliphatic rings. The lowest BCUT2D eigenvalue weighted by atomic mass is 9.98. The van der Waals surface area contributed by atoms with E-state index in [1.165, 1.54) is 6.20 Å². The number of carbonyl (C=O) groups excluding carboxylic acids is 1. The van der Waals surface area contributed by atoms with Gasteiger partial charge in [-0.3, -0.25) is 9.78 Å². The fourth-order valence-corrected chi connectivity index (χ4v) is 3.48. The molecule has 3 rings (SSSR count). The van der Waals surface area contributed by atoms with E-state index in [0.717, 1.165) is 19.1 Å². The first kappa shape index (κ1) is 21.9. The Morgan fingerprint density at radius 3 is 2.43 bits per heavy atom. The molecule has 2 atom stereocenters. The summed E-state index contributed by atoms with van der Waals surface area (Å²) >= 11 is 0. The third-order valence-electron chi connectivity index (χ3n) is 5.02. The fourth-order valence-electron chi connectivity index (χ4n) is 3.48. The van der Waals surface area contributed by atoms with Gasteiger partial charge in [-0.1, -0.05) is 0 Å². The normalized spacial score (nSPS) is 17.9. The molecular formula is C20H21F5N4O. The largest absolute Gasteiger partial charge is 0.408 e. The molecule has 1 aliphatic heterocycles. The summed E-state index contributed by atoms with van der Waals surface area (Å²) < 4.78 is 66.6. The highest BCUT2D eigenvalue weighted by Gasteiger charge is 2.38.